The molecule has 84 valence electrons. The van der Waals surface area contributed by atoms with Crippen molar-refractivity contribution < 1.29 is 4.79 Å². The van der Waals surface area contributed by atoms with Crippen LogP contribution in [-0.4, -0.2) is 17.4 Å². The maximum Gasteiger partial charge on any atom is 0.246 e. The molecule has 2 rings (SSSR count). The molecule has 0 spiro atoms. The summed E-state index contributed by atoms with van der Waals surface area (Å²) in [7, 11) is 0. The molecule has 1 aliphatic heterocycles. The van der Waals surface area contributed by atoms with Gasteiger partial charge in [0.1, 0.15) is 0 Å². The predicted molar refractivity (Wildman–Crippen MR) is 64.9 cm³/mol. The number of nitrogens with zero attached hydrogens (tertiary/aromatic N) is 1. The van der Waals surface area contributed by atoms with Crippen molar-refractivity contribution in [1.29, 1.82) is 0 Å². The maximum absolute atomic E-state index is 11.8. The Morgan fingerprint density at radius 3 is 2.75 bits per heavy atom. The Hall–Kier alpha value is -1.57. The van der Waals surface area contributed by atoms with Gasteiger partial charge in [-0.1, -0.05) is 36.4 Å². The Morgan fingerprint density at radius 1 is 1.12 bits per heavy atom. The molecular formula is C14H17NO. The SMILES string of the molecule is O=C1/C=C\CCCCN1Cc1ccccc1. The summed E-state index contributed by atoms with van der Waals surface area (Å²) < 4.78 is 0. The van der Waals surface area contributed by atoms with E-state index in [9.17, 15) is 4.79 Å². The zero-order valence-corrected chi connectivity index (χ0v) is 9.43. The number of benzene rings is 1. The van der Waals surface area contributed by atoms with Crippen molar-refractivity contribution in [2.75, 3.05) is 6.54 Å². The summed E-state index contributed by atoms with van der Waals surface area (Å²) in [5, 5.41) is 0. The van der Waals surface area contributed by atoms with E-state index in [1.807, 2.05) is 29.2 Å². The minimum atomic E-state index is 0.142. The maximum atomic E-state index is 11.8. The lowest BCUT2D eigenvalue weighted by Gasteiger charge is -2.22. The molecule has 1 aliphatic rings. The predicted octanol–water partition coefficient (Wildman–Crippen LogP) is 2.76. The highest BCUT2D eigenvalue weighted by atomic mass is 16.2. The Morgan fingerprint density at radius 2 is 1.94 bits per heavy atom. The Labute approximate surface area is 96.6 Å². The van der Waals surface area contributed by atoms with E-state index in [1.54, 1.807) is 6.08 Å². The molecule has 0 radical (unpaired) electrons. The minimum Gasteiger partial charge on any atom is -0.335 e. The van der Waals surface area contributed by atoms with Crippen LogP contribution in [0.1, 0.15) is 24.8 Å². The van der Waals surface area contributed by atoms with E-state index in [4.69, 9.17) is 0 Å². The van der Waals surface area contributed by atoms with E-state index in [0.717, 1.165) is 25.9 Å². The largest absolute Gasteiger partial charge is 0.335 e. The topological polar surface area (TPSA) is 20.3 Å². The third-order valence-electron chi connectivity index (χ3n) is 2.84. The lowest BCUT2D eigenvalue weighted by molar-refractivity contribution is -0.126. The Bertz CT molecular complexity index is 370. The van der Waals surface area contributed by atoms with E-state index < -0.39 is 0 Å². The lowest BCUT2D eigenvalue weighted by Crippen LogP contribution is -2.30. The minimum absolute atomic E-state index is 0.142. The number of allylic oxidation sites excluding steroid dienone is 1. The third kappa shape index (κ3) is 2.96. The molecule has 0 saturated carbocycles. The molecule has 0 bridgehead atoms. The van der Waals surface area contributed by atoms with E-state index >= 15 is 0 Å². The monoisotopic (exact) mass is 215 g/mol. The van der Waals surface area contributed by atoms with Crippen molar-refractivity contribution in [3.8, 4) is 0 Å². The summed E-state index contributed by atoms with van der Waals surface area (Å²) in [6.45, 7) is 1.60. The fourth-order valence-electron chi connectivity index (χ4n) is 1.93. The Balaban J connectivity index is 2.04. The fraction of sp³-hybridized carbons (Fsp3) is 0.357. The van der Waals surface area contributed by atoms with Gasteiger partial charge in [-0.2, -0.15) is 0 Å². The molecule has 1 aromatic carbocycles. The summed E-state index contributed by atoms with van der Waals surface area (Å²) in [6.07, 6.45) is 7.00. The van der Waals surface area contributed by atoms with Gasteiger partial charge in [0, 0.05) is 13.1 Å². The normalized spacial score (nSPS) is 19.0. The van der Waals surface area contributed by atoms with Gasteiger partial charge in [0.25, 0.3) is 0 Å². The number of carbonyl (C=O) groups excluding carboxylic acids is 1. The number of hydrogen-bond acceptors (Lipinski definition) is 1. The number of amides is 1. The van der Waals surface area contributed by atoms with E-state index in [-0.39, 0.29) is 5.91 Å². The third-order valence-corrected chi connectivity index (χ3v) is 2.84. The molecule has 0 fully saturated rings. The van der Waals surface area contributed by atoms with Crippen LogP contribution in [0.25, 0.3) is 0 Å². The van der Waals surface area contributed by atoms with E-state index in [1.165, 1.54) is 12.0 Å². The standard InChI is InChI=1S/C14H17NO/c16-14-10-6-1-2-7-11-15(14)12-13-8-4-3-5-9-13/h3-6,8-10H,1-2,7,11-12H2/b10-6-. The first-order valence-electron chi connectivity index (χ1n) is 5.85. The van der Waals surface area contributed by atoms with Crippen molar-refractivity contribution in [3.05, 3.63) is 48.0 Å². The van der Waals surface area contributed by atoms with E-state index in [0.29, 0.717) is 0 Å². The highest BCUT2D eigenvalue weighted by Gasteiger charge is 2.11. The molecule has 0 atom stereocenters. The smallest absolute Gasteiger partial charge is 0.246 e. The van der Waals surface area contributed by atoms with Crippen LogP contribution in [0.2, 0.25) is 0 Å². The summed E-state index contributed by atoms with van der Waals surface area (Å²) in [4.78, 5) is 13.7. The lowest BCUT2D eigenvalue weighted by atomic mass is 10.1. The van der Waals surface area contributed by atoms with Crippen molar-refractivity contribution in [1.82, 2.24) is 4.90 Å². The first kappa shape index (κ1) is 10.9. The van der Waals surface area contributed by atoms with Crippen LogP contribution in [0.3, 0.4) is 0 Å². The average molecular weight is 215 g/mol. The molecule has 0 unspecified atom stereocenters. The van der Waals surface area contributed by atoms with Gasteiger partial charge in [-0.25, -0.2) is 0 Å². The van der Waals surface area contributed by atoms with Gasteiger partial charge in [0.05, 0.1) is 0 Å². The summed E-state index contributed by atoms with van der Waals surface area (Å²) in [6, 6.07) is 10.2. The second kappa shape index (κ2) is 5.50. The molecule has 0 N–H and O–H groups in total. The summed E-state index contributed by atoms with van der Waals surface area (Å²) in [5.41, 5.74) is 1.20. The first-order valence-corrected chi connectivity index (χ1v) is 5.85. The molecule has 16 heavy (non-hydrogen) atoms. The second-order valence-electron chi connectivity index (χ2n) is 4.14. The van der Waals surface area contributed by atoms with Gasteiger partial charge in [-0.3, -0.25) is 4.79 Å². The van der Waals surface area contributed by atoms with Gasteiger partial charge in [-0.15, -0.1) is 0 Å². The van der Waals surface area contributed by atoms with Crippen LogP contribution in [0.4, 0.5) is 0 Å². The van der Waals surface area contributed by atoms with Crippen LogP contribution in [0, 0.1) is 0 Å². The van der Waals surface area contributed by atoms with Crippen molar-refractivity contribution >= 4 is 5.91 Å². The van der Waals surface area contributed by atoms with Gasteiger partial charge < -0.3 is 4.90 Å². The quantitative estimate of drug-likeness (QED) is 0.743. The van der Waals surface area contributed by atoms with Gasteiger partial charge in [0.15, 0.2) is 0 Å². The highest BCUT2D eigenvalue weighted by Crippen LogP contribution is 2.10. The summed E-state index contributed by atoms with van der Waals surface area (Å²) in [5.74, 6) is 0.142. The number of hydrogen-bond donors (Lipinski definition) is 0. The average Bonchev–Trinajstić information content (AvgIpc) is 2.30. The van der Waals surface area contributed by atoms with Crippen LogP contribution in [-0.2, 0) is 11.3 Å². The van der Waals surface area contributed by atoms with Crippen molar-refractivity contribution in [2.24, 2.45) is 0 Å². The molecule has 1 amide bonds. The number of rotatable bonds is 2. The van der Waals surface area contributed by atoms with Crippen LogP contribution >= 0.6 is 0 Å². The second-order valence-corrected chi connectivity index (χ2v) is 4.14. The Kier molecular flexibility index (Phi) is 3.76. The number of carbonyl (C=O) groups is 1. The van der Waals surface area contributed by atoms with Gasteiger partial charge >= 0.3 is 0 Å². The molecule has 2 heteroatoms. The van der Waals surface area contributed by atoms with Crippen LogP contribution in [0.15, 0.2) is 42.5 Å². The highest BCUT2D eigenvalue weighted by molar-refractivity contribution is 5.87. The van der Waals surface area contributed by atoms with Gasteiger partial charge in [-0.05, 0) is 30.9 Å². The van der Waals surface area contributed by atoms with E-state index in [2.05, 4.69) is 12.1 Å². The van der Waals surface area contributed by atoms with Gasteiger partial charge in [0.2, 0.25) is 5.91 Å². The first-order chi connectivity index (χ1) is 7.86. The molecule has 0 aliphatic carbocycles. The molecule has 0 aromatic heterocycles. The summed E-state index contributed by atoms with van der Waals surface area (Å²) >= 11 is 0. The molecule has 2 nitrogen and oxygen atoms in total. The fourth-order valence-corrected chi connectivity index (χ4v) is 1.93. The molecular weight excluding hydrogens is 198 g/mol. The zero-order valence-electron chi connectivity index (χ0n) is 9.43. The van der Waals surface area contributed by atoms with Crippen LogP contribution < -0.4 is 0 Å². The molecule has 1 heterocycles. The van der Waals surface area contributed by atoms with Crippen molar-refractivity contribution in [3.63, 3.8) is 0 Å². The van der Waals surface area contributed by atoms with Crippen LogP contribution in [0.5, 0.6) is 0 Å². The van der Waals surface area contributed by atoms with Crippen molar-refractivity contribution in [2.45, 2.75) is 25.8 Å². The zero-order chi connectivity index (χ0) is 11.2. The molecule has 1 aromatic rings. The molecule has 0 saturated heterocycles.